The molecule has 0 atom stereocenters. The Morgan fingerprint density at radius 1 is 1.24 bits per heavy atom. The van der Waals surface area contributed by atoms with Crippen molar-refractivity contribution in [1.29, 1.82) is 0 Å². The zero-order valence-electron chi connectivity index (χ0n) is 10.7. The molecule has 0 aliphatic heterocycles. The summed E-state index contributed by atoms with van der Waals surface area (Å²) < 4.78 is 37.7. The molecule has 0 aliphatic carbocycles. The van der Waals surface area contributed by atoms with Crippen LogP contribution in [0.1, 0.15) is 21.5 Å². The molecule has 2 N–H and O–H groups in total. The molecule has 0 bridgehead atoms. The second-order valence-electron chi connectivity index (χ2n) is 4.31. The van der Waals surface area contributed by atoms with Crippen molar-refractivity contribution in [3.8, 4) is 5.75 Å². The van der Waals surface area contributed by atoms with Crippen LogP contribution in [0.3, 0.4) is 0 Å². The summed E-state index contributed by atoms with van der Waals surface area (Å²) in [6, 6.07) is 5.91. The molecule has 4 nitrogen and oxygen atoms in total. The smallest absolute Gasteiger partial charge is 0.416 e. The van der Waals surface area contributed by atoms with Crippen LogP contribution >= 0.6 is 0 Å². The average molecular weight is 296 g/mol. The van der Waals surface area contributed by atoms with E-state index in [1.54, 1.807) is 0 Å². The summed E-state index contributed by atoms with van der Waals surface area (Å²) in [5.74, 6) is -0.697. The third-order valence-corrected chi connectivity index (χ3v) is 2.69. The van der Waals surface area contributed by atoms with Gasteiger partial charge in [-0.05, 0) is 23.8 Å². The lowest BCUT2D eigenvalue weighted by atomic mass is 10.1. The first kappa shape index (κ1) is 14.8. The van der Waals surface area contributed by atoms with Crippen LogP contribution < -0.4 is 5.32 Å². The highest BCUT2D eigenvalue weighted by Crippen LogP contribution is 2.29. The summed E-state index contributed by atoms with van der Waals surface area (Å²) in [7, 11) is 0. The summed E-state index contributed by atoms with van der Waals surface area (Å²) in [5, 5.41) is 11.7. The van der Waals surface area contributed by atoms with E-state index in [9.17, 15) is 23.1 Å². The fraction of sp³-hybridized carbons (Fsp3) is 0.143. The molecule has 0 spiro atoms. The zero-order valence-corrected chi connectivity index (χ0v) is 10.7. The molecule has 2 aromatic rings. The van der Waals surface area contributed by atoms with Crippen molar-refractivity contribution in [1.82, 2.24) is 10.3 Å². The Bertz CT molecular complexity index is 657. The van der Waals surface area contributed by atoms with Gasteiger partial charge < -0.3 is 10.4 Å². The van der Waals surface area contributed by atoms with Gasteiger partial charge in [-0.15, -0.1) is 0 Å². The van der Waals surface area contributed by atoms with Gasteiger partial charge in [-0.25, -0.2) is 0 Å². The van der Waals surface area contributed by atoms with Crippen LogP contribution in [0.4, 0.5) is 13.2 Å². The number of benzene rings is 1. The molecule has 0 radical (unpaired) electrons. The van der Waals surface area contributed by atoms with Crippen molar-refractivity contribution in [2.45, 2.75) is 12.7 Å². The van der Waals surface area contributed by atoms with Gasteiger partial charge in [0.1, 0.15) is 5.75 Å². The third kappa shape index (κ3) is 3.95. The number of carbonyl (C=O) groups excluding carboxylic acids is 1. The lowest BCUT2D eigenvalue weighted by Gasteiger charge is -2.09. The van der Waals surface area contributed by atoms with E-state index in [2.05, 4.69) is 10.3 Å². The molecule has 0 fully saturated rings. The number of alkyl halides is 3. The molecule has 21 heavy (non-hydrogen) atoms. The van der Waals surface area contributed by atoms with E-state index in [0.29, 0.717) is 5.56 Å². The van der Waals surface area contributed by atoms with Gasteiger partial charge in [-0.2, -0.15) is 13.2 Å². The Morgan fingerprint density at radius 3 is 2.67 bits per heavy atom. The fourth-order valence-corrected chi connectivity index (χ4v) is 1.69. The lowest BCUT2D eigenvalue weighted by Crippen LogP contribution is -2.23. The van der Waals surface area contributed by atoms with Crippen LogP contribution in [0.2, 0.25) is 0 Å². The molecule has 1 aromatic carbocycles. The Balaban J connectivity index is 2.05. The maximum absolute atomic E-state index is 12.6. The molecule has 1 amide bonds. The van der Waals surface area contributed by atoms with Crippen molar-refractivity contribution in [3.05, 3.63) is 59.4 Å². The summed E-state index contributed by atoms with van der Waals surface area (Å²) in [6.45, 7) is -0.0571. The summed E-state index contributed by atoms with van der Waals surface area (Å²) in [6.07, 6.45) is -2.00. The van der Waals surface area contributed by atoms with Gasteiger partial charge in [0.15, 0.2) is 0 Å². The topological polar surface area (TPSA) is 62.2 Å². The number of pyridine rings is 1. The van der Waals surface area contributed by atoms with E-state index in [4.69, 9.17) is 0 Å². The minimum absolute atomic E-state index is 0.0571. The van der Waals surface area contributed by atoms with Crippen LogP contribution in [-0.2, 0) is 12.7 Å². The van der Waals surface area contributed by atoms with Crippen molar-refractivity contribution in [3.63, 3.8) is 0 Å². The maximum atomic E-state index is 12.6. The molecule has 0 aliphatic rings. The Kier molecular flexibility index (Phi) is 4.11. The minimum atomic E-state index is -4.42. The van der Waals surface area contributed by atoms with Crippen molar-refractivity contribution in [2.24, 2.45) is 0 Å². The van der Waals surface area contributed by atoms with E-state index in [0.717, 1.165) is 12.1 Å². The molecule has 0 saturated heterocycles. The lowest BCUT2D eigenvalue weighted by molar-refractivity contribution is -0.137. The highest BCUT2D eigenvalue weighted by atomic mass is 19.4. The summed E-state index contributed by atoms with van der Waals surface area (Å²) in [5.41, 5.74) is -0.318. The number of carbonyl (C=O) groups is 1. The number of rotatable bonds is 3. The standard InChI is InChI=1S/C14H11F3N2O2/c15-14(16,17)11-3-1-2-9(4-11)6-19-13(21)10-5-12(20)8-18-7-10/h1-5,7-8,20H,6H2,(H,19,21). The Morgan fingerprint density at radius 2 is 2.00 bits per heavy atom. The monoisotopic (exact) mass is 296 g/mol. The van der Waals surface area contributed by atoms with E-state index in [-0.39, 0.29) is 17.9 Å². The number of aromatic hydroxyl groups is 1. The molecule has 2 rings (SSSR count). The predicted octanol–water partition coefficient (Wildman–Crippen LogP) is 2.74. The van der Waals surface area contributed by atoms with Gasteiger partial charge >= 0.3 is 6.18 Å². The van der Waals surface area contributed by atoms with Crippen LogP contribution in [0.25, 0.3) is 0 Å². The first-order valence-electron chi connectivity index (χ1n) is 5.94. The molecule has 7 heteroatoms. The Labute approximate surface area is 118 Å². The van der Waals surface area contributed by atoms with Crippen LogP contribution in [0.15, 0.2) is 42.7 Å². The van der Waals surface area contributed by atoms with E-state index in [1.165, 1.54) is 30.6 Å². The number of hydrogen-bond donors (Lipinski definition) is 2. The molecule has 0 unspecified atom stereocenters. The SMILES string of the molecule is O=C(NCc1cccc(C(F)(F)F)c1)c1cncc(O)c1. The third-order valence-electron chi connectivity index (χ3n) is 2.69. The second-order valence-corrected chi connectivity index (χ2v) is 4.31. The highest BCUT2D eigenvalue weighted by molar-refractivity contribution is 5.94. The normalized spacial score (nSPS) is 11.2. The first-order valence-corrected chi connectivity index (χ1v) is 5.94. The largest absolute Gasteiger partial charge is 0.506 e. The molecular formula is C14H11F3N2O2. The predicted molar refractivity (Wildman–Crippen MR) is 68.5 cm³/mol. The van der Waals surface area contributed by atoms with Crippen molar-refractivity contribution in [2.75, 3.05) is 0 Å². The second kappa shape index (κ2) is 5.82. The average Bonchev–Trinajstić information content (AvgIpc) is 2.44. The minimum Gasteiger partial charge on any atom is -0.506 e. The van der Waals surface area contributed by atoms with Crippen LogP contribution in [0, 0.1) is 0 Å². The molecule has 0 saturated carbocycles. The van der Waals surface area contributed by atoms with E-state index >= 15 is 0 Å². The van der Waals surface area contributed by atoms with E-state index < -0.39 is 17.6 Å². The summed E-state index contributed by atoms with van der Waals surface area (Å²) in [4.78, 5) is 15.4. The van der Waals surface area contributed by atoms with Crippen LogP contribution in [0.5, 0.6) is 5.75 Å². The number of halogens is 3. The first-order chi connectivity index (χ1) is 9.86. The number of nitrogens with one attached hydrogen (secondary N) is 1. The zero-order chi connectivity index (χ0) is 15.5. The maximum Gasteiger partial charge on any atom is 0.416 e. The van der Waals surface area contributed by atoms with E-state index in [1.807, 2.05) is 0 Å². The molecule has 110 valence electrons. The quantitative estimate of drug-likeness (QED) is 0.915. The van der Waals surface area contributed by atoms with Crippen molar-refractivity contribution >= 4 is 5.91 Å². The van der Waals surface area contributed by atoms with Crippen molar-refractivity contribution < 1.29 is 23.1 Å². The number of hydrogen-bond acceptors (Lipinski definition) is 3. The number of amides is 1. The van der Waals surface area contributed by atoms with Gasteiger partial charge in [0.25, 0.3) is 5.91 Å². The number of nitrogens with zero attached hydrogens (tertiary/aromatic N) is 1. The molecular weight excluding hydrogens is 285 g/mol. The van der Waals surface area contributed by atoms with Gasteiger partial charge in [-0.1, -0.05) is 12.1 Å². The van der Waals surface area contributed by atoms with Gasteiger partial charge in [0, 0.05) is 12.7 Å². The molecule has 1 heterocycles. The molecule has 1 aromatic heterocycles. The van der Waals surface area contributed by atoms with Gasteiger partial charge in [0.2, 0.25) is 0 Å². The van der Waals surface area contributed by atoms with Gasteiger partial charge in [-0.3, -0.25) is 9.78 Å². The number of aromatic nitrogens is 1. The highest BCUT2D eigenvalue weighted by Gasteiger charge is 2.30. The Hall–Kier alpha value is -2.57. The summed E-state index contributed by atoms with van der Waals surface area (Å²) >= 11 is 0. The van der Waals surface area contributed by atoms with Gasteiger partial charge in [0.05, 0.1) is 17.3 Å². The van der Waals surface area contributed by atoms with Crippen LogP contribution in [-0.4, -0.2) is 16.0 Å². The fourth-order valence-electron chi connectivity index (χ4n) is 1.69.